The molecule has 1 aromatic carbocycles. The number of benzene rings is 1. The van der Waals surface area contributed by atoms with Gasteiger partial charge in [0.25, 0.3) is 0 Å². The summed E-state index contributed by atoms with van der Waals surface area (Å²) in [5.41, 5.74) is 8.30. The lowest BCUT2D eigenvalue weighted by atomic mass is 10.2. The lowest BCUT2D eigenvalue weighted by Gasteiger charge is -2.14. The monoisotopic (exact) mass is 283 g/mol. The third kappa shape index (κ3) is 3.00. The highest BCUT2D eigenvalue weighted by molar-refractivity contribution is 5.81. The molecular weight excluding hydrogens is 266 g/mol. The molecule has 21 heavy (non-hydrogen) atoms. The first-order valence-corrected chi connectivity index (χ1v) is 6.81. The molecule has 0 saturated heterocycles. The van der Waals surface area contributed by atoms with Gasteiger partial charge < -0.3 is 15.0 Å². The molecule has 1 unspecified atom stereocenters. The Labute approximate surface area is 122 Å². The molecule has 6 heteroatoms. The Bertz CT molecular complexity index is 725. The number of nitrogens with zero attached hydrogens (tertiary/aromatic N) is 4. The molecule has 108 valence electrons. The molecule has 2 aromatic heterocycles. The van der Waals surface area contributed by atoms with Crippen LogP contribution in [0.3, 0.4) is 0 Å². The molecule has 0 fully saturated rings. The maximum Gasteiger partial charge on any atom is 0.165 e. The van der Waals surface area contributed by atoms with E-state index in [4.69, 9.17) is 10.5 Å². The van der Waals surface area contributed by atoms with Gasteiger partial charge in [-0.3, -0.25) is 0 Å². The van der Waals surface area contributed by atoms with Gasteiger partial charge >= 0.3 is 0 Å². The van der Waals surface area contributed by atoms with Gasteiger partial charge in [0, 0.05) is 0 Å². The second kappa shape index (κ2) is 5.88. The second-order valence-electron chi connectivity index (χ2n) is 4.94. The Kier molecular flexibility index (Phi) is 3.79. The molecule has 0 spiro atoms. The molecule has 1 atom stereocenters. The Morgan fingerprint density at radius 3 is 2.81 bits per heavy atom. The fourth-order valence-electron chi connectivity index (χ4n) is 2.17. The topological polar surface area (TPSA) is 78.9 Å². The smallest absolute Gasteiger partial charge is 0.165 e. The van der Waals surface area contributed by atoms with Crippen molar-refractivity contribution < 1.29 is 4.74 Å². The average molecular weight is 283 g/mol. The van der Waals surface area contributed by atoms with Crippen molar-refractivity contribution in [3.63, 3.8) is 0 Å². The van der Waals surface area contributed by atoms with Crippen LogP contribution in [0.2, 0.25) is 0 Å². The maximum atomic E-state index is 5.86. The summed E-state index contributed by atoms with van der Waals surface area (Å²) in [6, 6.07) is 10.1. The van der Waals surface area contributed by atoms with Gasteiger partial charge in [-0.25, -0.2) is 15.0 Å². The number of rotatable bonds is 5. The van der Waals surface area contributed by atoms with Crippen molar-refractivity contribution in [3.8, 4) is 0 Å². The van der Waals surface area contributed by atoms with Crippen LogP contribution < -0.4 is 5.73 Å². The van der Waals surface area contributed by atoms with Crippen molar-refractivity contribution in [1.29, 1.82) is 0 Å². The van der Waals surface area contributed by atoms with E-state index in [0.717, 1.165) is 11.2 Å². The molecule has 0 radical (unpaired) electrons. The average Bonchev–Trinajstić information content (AvgIpc) is 2.91. The first-order valence-electron chi connectivity index (χ1n) is 6.81. The minimum absolute atomic E-state index is 0.0406. The van der Waals surface area contributed by atoms with Crippen molar-refractivity contribution in [2.75, 3.05) is 5.73 Å². The van der Waals surface area contributed by atoms with E-state index in [2.05, 4.69) is 15.0 Å². The molecular formula is C15H17N5O. The van der Waals surface area contributed by atoms with Gasteiger partial charge in [-0.1, -0.05) is 30.3 Å². The molecule has 6 nitrogen and oxygen atoms in total. The number of hydrogen-bond donors (Lipinski definition) is 1. The van der Waals surface area contributed by atoms with Crippen LogP contribution >= 0.6 is 0 Å². The molecule has 0 aliphatic carbocycles. The molecule has 0 bridgehead atoms. The summed E-state index contributed by atoms with van der Waals surface area (Å²) in [5, 5.41) is 0. The van der Waals surface area contributed by atoms with Gasteiger partial charge in [0.05, 0.1) is 25.6 Å². The van der Waals surface area contributed by atoms with Crippen molar-refractivity contribution in [2.24, 2.45) is 0 Å². The summed E-state index contributed by atoms with van der Waals surface area (Å²) < 4.78 is 7.79. The first kappa shape index (κ1) is 13.5. The van der Waals surface area contributed by atoms with Gasteiger partial charge in [-0.15, -0.1) is 0 Å². The maximum absolute atomic E-state index is 5.86. The van der Waals surface area contributed by atoms with Crippen LogP contribution in [0.5, 0.6) is 0 Å². The minimum atomic E-state index is 0.0406. The fourth-order valence-corrected chi connectivity index (χ4v) is 2.17. The molecule has 0 aliphatic heterocycles. The van der Waals surface area contributed by atoms with Gasteiger partial charge in [0.15, 0.2) is 11.5 Å². The van der Waals surface area contributed by atoms with Crippen LogP contribution in [0, 0.1) is 0 Å². The fraction of sp³-hybridized carbons (Fsp3) is 0.267. The molecule has 3 aromatic rings. The highest BCUT2D eigenvalue weighted by atomic mass is 16.5. The zero-order valence-electron chi connectivity index (χ0n) is 11.8. The Balaban J connectivity index is 1.66. The van der Waals surface area contributed by atoms with E-state index < -0.39 is 0 Å². The predicted molar refractivity (Wildman–Crippen MR) is 80.4 cm³/mol. The van der Waals surface area contributed by atoms with Crippen LogP contribution in [-0.2, 0) is 17.9 Å². The van der Waals surface area contributed by atoms with E-state index in [9.17, 15) is 0 Å². The Morgan fingerprint density at radius 2 is 2.00 bits per heavy atom. The molecule has 0 amide bonds. The summed E-state index contributed by atoms with van der Waals surface area (Å²) in [4.78, 5) is 12.4. The number of anilines is 1. The zero-order chi connectivity index (χ0) is 14.7. The van der Waals surface area contributed by atoms with E-state index in [0.29, 0.717) is 24.5 Å². The van der Waals surface area contributed by atoms with Crippen LogP contribution in [0.1, 0.15) is 12.5 Å². The van der Waals surface area contributed by atoms with Crippen molar-refractivity contribution >= 4 is 17.0 Å². The van der Waals surface area contributed by atoms with Crippen molar-refractivity contribution in [2.45, 2.75) is 26.2 Å². The number of nitrogens with two attached hydrogens (primary N) is 1. The lowest BCUT2D eigenvalue weighted by Crippen LogP contribution is -2.16. The van der Waals surface area contributed by atoms with Crippen molar-refractivity contribution in [3.05, 3.63) is 48.5 Å². The van der Waals surface area contributed by atoms with Gasteiger partial charge in [0.2, 0.25) is 0 Å². The summed E-state index contributed by atoms with van der Waals surface area (Å²) in [7, 11) is 0. The standard InChI is InChI=1S/C15H17N5O/c1-11(21-8-12-5-3-2-4-6-12)7-20-10-19-13-14(16)17-9-18-15(13)20/h2-6,9-11H,7-8H2,1H3,(H2,16,17,18). The van der Waals surface area contributed by atoms with E-state index in [1.54, 1.807) is 6.33 Å². The van der Waals surface area contributed by atoms with E-state index in [1.807, 2.05) is 41.8 Å². The summed E-state index contributed by atoms with van der Waals surface area (Å²) >= 11 is 0. The van der Waals surface area contributed by atoms with E-state index in [-0.39, 0.29) is 6.10 Å². The van der Waals surface area contributed by atoms with Gasteiger partial charge in [-0.05, 0) is 12.5 Å². The summed E-state index contributed by atoms with van der Waals surface area (Å²) in [6.07, 6.45) is 3.21. The van der Waals surface area contributed by atoms with Gasteiger partial charge in [-0.2, -0.15) is 0 Å². The number of aromatic nitrogens is 4. The van der Waals surface area contributed by atoms with Crippen LogP contribution in [-0.4, -0.2) is 25.6 Å². The highest BCUT2D eigenvalue weighted by Crippen LogP contribution is 2.15. The SMILES string of the molecule is CC(Cn1cnc2c(N)ncnc21)OCc1ccccc1. The molecule has 3 rings (SSSR count). The predicted octanol–water partition coefficient (Wildman–Crippen LogP) is 2.01. The number of imidazole rings is 1. The lowest BCUT2D eigenvalue weighted by molar-refractivity contribution is 0.0425. The molecule has 0 aliphatic rings. The second-order valence-corrected chi connectivity index (χ2v) is 4.94. The Morgan fingerprint density at radius 1 is 1.19 bits per heavy atom. The highest BCUT2D eigenvalue weighted by Gasteiger charge is 2.10. The number of fused-ring (bicyclic) bond motifs is 1. The van der Waals surface area contributed by atoms with Crippen LogP contribution in [0.4, 0.5) is 5.82 Å². The normalized spacial score (nSPS) is 12.6. The number of nitrogen functional groups attached to an aromatic ring is 1. The largest absolute Gasteiger partial charge is 0.382 e. The Hall–Kier alpha value is -2.47. The minimum Gasteiger partial charge on any atom is -0.382 e. The number of hydrogen-bond acceptors (Lipinski definition) is 5. The van der Waals surface area contributed by atoms with E-state index in [1.165, 1.54) is 6.33 Å². The third-order valence-corrected chi connectivity index (χ3v) is 3.26. The number of ether oxygens (including phenoxy) is 1. The molecule has 2 N–H and O–H groups in total. The third-order valence-electron chi connectivity index (χ3n) is 3.26. The quantitative estimate of drug-likeness (QED) is 0.775. The summed E-state index contributed by atoms with van der Waals surface area (Å²) in [6.45, 7) is 3.28. The van der Waals surface area contributed by atoms with Gasteiger partial charge in [0.1, 0.15) is 11.8 Å². The molecule has 0 saturated carbocycles. The van der Waals surface area contributed by atoms with E-state index >= 15 is 0 Å². The van der Waals surface area contributed by atoms with Crippen LogP contribution in [0.25, 0.3) is 11.2 Å². The zero-order valence-corrected chi connectivity index (χ0v) is 11.8. The first-order chi connectivity index (χ1) is 10.2. The summed E-state index contributed by atoms with van der Waals surface area (Å²) in [5.74, 6) is 0.400. The molecule has 2 heterocycles. The van der Waals surface area contributed by atoms with Crippen molar-refractivity contribution in [1.82, 2.24) is 19.5 Å². The van der Waals surface area contributed by atoms with Crippen LogP contribution in [0.15, 0.2) is 43.0 Å².